The molecular weight excluding hydrogens is 432 g/mol. The number of nitrogens with two attached hydrogens (primary N) is 1. The van der Waals surface area contributed by atoms with Crippen LogP contribution in [0.3, 0.4) is 0 Å². The molecular formula is C18H20N4O8S. The SMILES string of the molecule is COC(=O)[C@]1(NC(=O)C(N)c2ccccc2[N+](=O)[O-])C(=O)N2[C@@H](C(=O)O)C(C)(C)S[C@@H]21. The molecule has 1 aromatic carbocycles. The number of hydrogen-bond donors (Lipinski definition) is 3. The van der Waals surface area contributed by atoms with E-state index in [-0.39, 0.29) is 5.56 Å². The largest absolute Gasteiger partial charge is 0.480 e. The van der Waals surface area contributed by atoms with Gasteiger partial charge in [0.1, 0.15) is 17.5 Å². The Morgan fingerprint density at radius 1 is 1.35 bits per heavy atom. The maximum absolute atomic E-state index is 13.0. The quantitative estimate of drug-likeness (QED) is 0.171. The molecule has 2 aliphatic heterocycles. The highest BCUT2D eigenvalue weighted by Gasteiger charge is 2.76. The molecule has 166 valence electrons. The summed E-state index contributed by atoms with van der Waals surface area (Å²) in [5.74, 6) is -4.31. The van der Waals surface area contributed by atoms with E-state index in [1.165, 1.54) is 24.3 Å². The Morgan fingerprint density at radius 3 is 2.52 bits per heavy atom. The Labute approximate surface area is 180 Å². The minimum atomic E-state index is -2.20. The maximum atomic E-state index is 13.0. The van der Waals surface area contributed by atoms with Crippen LogP contribution in [0.15, 0.2) is 24.3 Å². The second-order valence-electron chi connectivity index (χ2n) is 7.61. The lowest BCUT2D eigenvalue weighted by Gasteiger charge is -2.50. The summed E-state index contributed by atoms with van der Waals surface area (Å²) in [4.78, 5) is 61.8. The van der Waals surface area contributed by atoms with Gasteiger partial charge < -0.3 is 25.8 Å². The average Bonchev–Trinajstić information content (AvgIpc) is 2.99. The van der Waals surface area contributed by atoms with Crippen molar-refractivity contribution in [1.29, 1.82) is 0 Å². The van der Waals surface area contributed by atoms with Gasteiger partial charge in [0.25, 0.3) is 11.6 Å². The summed E-state index contributed by atoms with van der Waals surface area (Å²) >= 11 is 1.03. The highest BCUT2D eigenvalue weighted by molar-refractivity contribution is 8.01. The highest BCUT2D eigenvalue weighted by Crippen LogP contribution is 2.55. The van der Waals surface area contributed by atoms with E-state index < -0.39 is 62.1 Å². The van der Waals surface area contributed by atoms with Crippen LogP contribution in [-0.4, -0.2) is 67.5 Å². The van der Waals surface area contributed by atoms with Gasteiger partial charge in [0, 0.05) is 10.8 Å². The van der Waals surface area contributed by atoms with Crippen LogP contribution in [0.4, 0.5) is 5.69 Å². The van der Waals surface area contributed by atoms with Gasteiger partial charge in [-0.1, -0.05) is 18.2 Å². The van der Waals surface area contributed by atoms with Crippen molar-refractivity contribution in [3.8, 4) is 0 Å². The van der Waals surface area contributed by atoms with Crippen molar-refractivity contribution in [2.45, 2.75) is 41.6 Å². The number of β-lactam (4-membered cyclic amide) rings is 1. The maximum Gasteiger partial charge on any atom is 0.344 e. The van der Waals surface area contributed by atoms with Crippen LogP contribution < -0.4 is 11.1 Å². The van der Waals surface area contributed by atoms with Gasteiger partial charge in [-0.2, -0.15) is 0 Å². The number of benzene rings is 1. The number of aliphatic carboxylic acids is 1. The summed E-state index contributed by atoms with van der Waals surface area (Å²) in [6.07, 6.45) is 0. The molecule has 31 heavy (non-hydrogen) atoms. The van der Waals surface area contributed by atoms with Crippen molar-refractivity contribution >= 4 is 41.2 Å². The van der Waals surface area contributed by atoms with E-state index in [1.807, 2.05) is 0 Å². The van der Waals surface area contributed by atoms with Gasteiger partial charge in [-0.15, -0.1) is 11.8 Å². The molecule has 2 amide bonds. The van der Waals surface area contributed by atoms with Crippen molar-refractivity contribution in [2.24, 2.45) is 5.73 Å². The van der Waals surface area contributed by atoms with Crippen molar-refractivity contribution in [3.63, 3.8) is 0 Å². The fourth-order valence-electron chi connectivity index (χ4n) is 3.90. The molecule has 4 N–H and O–H groups in total. The number of methoxy groups -OCH3 is 1. The van der Waals surface area contributed by atoms with Gasteiger partial charge in [0.05, 0.1) is 17.6 Å². The molecule has 1 aromatic rings. The number of nitro groups is 1. The Hall–Kier alpha value is -3.19. The lowest BCUT2D eigenvalue weighted by atomic mass is 9.84. The van der Waals surface area contributed by atoms with Crippen LogP contribution in [-0.2, 0) is 23.9 Å². The first-order chi connectivity index (χ1) is 14.4. The first-order valence-electron chi connectivity index (χ1n) is 9.03. The van der Waals surface area contributed by atoms with Crippen LogP contribution in [0, 0.1) is 10.1 Å². The van der Waals surface area contributed by atoms with Gasteiger partial charge in [0.15, 0.2) is 0 Å². The third kappa shape index (κ3) is 3.20. The molecule has 0 spiro atoms. The van der Waals surface area contributed by atoms with Crippen LogP contribution in [0.2, 0.25) is 0 Å². The molecule has 2 saturated heterocycles. The smallest absolute Gasteiger partial charge is 0.344 e. The number of carbonyl (C=O) groups is 4. The lowest BCUT2D eigenvalue weighted by Crippen LogP contribution is -2.83. The van der Waals surface area contributed by atoms with Crippen LogP contribution >= 0.6 is 11.8 Å². The number of carboxylic acid groups (broad SMARTS) is 1. The summed E-state index contributed by atoms with van der Waals surface area (Å²) in [6.45, 7) is 3.20. The van der Waals surface area contributed by atoms with Gasteiger partial charge in [-0.3, -0.25) is 19.7 Å². The minimum Gasteiger partial charge on any atom is -0.480 e. The summed E-state index contributed by atoms with van der Waals surface area (Å²) in [6, 6.07) is 2.51. The molecule has 0 aliphatic carbocycles. The number of amides is 2. The van der Waals surface area contributed by atoms with E-state index in [9.17, 15) is 34.4 Å². The second-order valence-corrected chi connectivity index (χ2v) is 9.34. The van der Waals surface area contributed by atoms with Crippen molar-refractivity contribution in [2.75, 3.05) is 7.11 Å². The summed E-state index contributed by atoms with van der Waals surface area (Å²) < 4.78 is 3.77. The average molecular weight is 452 g/mol. The van der Waals surface area contributed by atoms with Crippen LogP contribution in [0.25, 0.3) is 0 Å². The number of para-hydroxylation sites is 1. The molecule has 2 fully saturated rings. The van der Waals surface area contributed by atoms with E-state index in [0.29, 0.717) is 0 Å². The number of rotatable bonds is 6. The zero-order valence-corrected chi connectivity index (χ0v) is 17.5. The summed E-state index contributed by atoms with van der Waals surface area (Å²) in [7, 11) is 1.02. The molecule has 13 heteroatoms. The lowest BCUT2D eigenvalue weighted by molar-refractivity contribution is -0.385. The van der Waals surface area contributed by atoms with Gasteiger partial charge in [-0.05, 0) is 13.8 Å². The number of carboxylic acids is 1. The first-order valence-corrected chi connectivity index (χ1v) is 9.90. The fraction of sp³-hybridized carbons (Fsp3) is 0.444. The molecule has 0 saturated carbocycles. The van der Waals surface area contributed by atoms with Gasteiger partial charge in [0.2, 0.25) is 11.4 Å². The summed E-state index contributed by atoms with van der Waals surface area (Å²) in [5.41, 5.74) is 3.21. The number of esters is 1. The number of nitrogens with zero attached hydrogens (tertiary/aromatic N) is 2. The predicted molar refractivity (Wildman–Crippen MR) is 107 cm³/mol. The fourth-order valence-corrected chi connectivity index (χ4v) is 5.59. The number of fused-ring (bicyclic) bond motifs is 1. The standard InChI is InChI=1S/C18H20N4O8S/c1-17(2)11(13(24)25)21-14(26)18(15(21)31-17,16(27)30-3)20-12(23)10(19)8-6-4-5-7-9(8)22(28)29/h4-7,10-11,15H,19H2,1-3H3,(H,20,23)(H,24,25)/t10?,11-,15+,18-/m0/s1. The molecule has 0 aromatic heterocycles. The molecule has 2 aliphatic rings. The number of carbonyl (C=O) groups excluding carboxylic acids is 3. The Kier molecular flexibility index (Phi) is 5.44. The molecule has 1 unspecified atom stereocenters. The molecule has 3 rings (SSSR count). The van der Waals surface area contributed by atoms with Crippen molar-refractivity contribution < 1.29 is 33.9 Å². The topological polar surface area (TPSA) is 182 Å². The Balaban J connectivity index is 1.97. The zero-order chi connectivity index (χ0) is 23.3. The van der Waals surface area contributed by atoms with Crippen molar-refractivity contribution in [1.82, 2.24) is 10.2 Å². The van der Waals surface area contributed by atoms with Gasteiger partial charge >= 0.3 is 11.9 Å². The summed E-state index contributed by atoms with van der Waals surface area (Å²) in [5, 5.41) is 22.1. The van der Waals surface area contributed by atoms with E-state index in [4.69, 9.17) is 10.5 Å². The van der Waals surface area contributed by atoms with E-state index >= 15 is 0 Å². The van der Waals surface area contributed by atoms with E-state index in [2.05, 4.69) is 5.32 Å². The molecule has 0 bridgehead atoms. The number of nitrogens with one attached hydrogen (secondary N) is 1. The van der Waals surface area contributed by atoms with Gasteiger partial charge in [-0.25, -0.2) is 9.59 Å². The van der Waals surface area contributed by atoms with Crippen LogP contribution in [0.1, 0.15) is 25.5 Å². The molecule has 2 heterocycles. The number of hydrogen-bond acceptors (Lipinski definition) is 9. The normalized spacial score (nSPS) is 27.0. The van der Waals surface area contributed by atoms with E-state index in [1.54, 1.807) is 13.8 Å². The van der Waals surface area contributed by atoms with Crippen LogP contribution in [0.5, 0.6) is 0 Å². The second kappa shape index (κ2) is 7.50. The Bertz CT molecular complexity index is 999. The first kappa shape index (κ1) is 22.5. The number of thioether (sulfide) groups is 1. The Morgan fingerprint density at radius 2 is 1.97 bits per heavy atom. The monoisotopic (exact) mass is 452 g/mol. The molecule has 12 nitrogen and oxygen atoms in total. The van der Waals surface area contributed by atoms with Crippen molar-refractivity contribution in [3.05, 3.63) is 39.9 Å². The minimum absolute atomic E-state index is 0.114. The molecule has 4 atom stereocenters. The third-order valence-electron chi connectivity index (χ3n) is 5.36. The zero-order valence-electron chi connectivity index (χ0n) is 16.7. The number of ether oxygens (including phenoxy) is 1. The number of nitro benzene ring substituents is 1. The molecule has 0 radical (unpaired) electrons. The van der Waals surface area contributed by atoms with E-state index in [0.717, 1.165) is 23.8 Å². The third-order valence-corrected chi connectivity index (χ3v) is 6.99. The highest BCUT2D eigenvalue weighted by atomic mass is 32.2. The predicted octanol–water partition coefficient (Wildman–Crippen LogP) is -0.230.